The molecule has 2 fully saturated rings. The Morgan fingerprint density at radius 2 is 1.80 bits per heavy atom. The Hall–Kier alpha value is -2.70. The Morgan fingerprint density at radius 1 is 1.11 bits per heavy atom. The molecule has 0 radical (unpaired) electrons. The lowest BCUT2D eigenvalue weighted by molar-refractivity contribution is -0.00717. The Labute approximate surface area is 210 Å². The maximum atomic E-state index is 13.2. The molecule has 2 N–H and O–H groups in total. The number of nitrogens with two attached hydrogens (primary N) is 1. The predicted octanol–water partition coefficient (Wildman–Crippen LogP) is 4.51. The number of nitrogens with zero attached hydrogens (tertiary/aromatic N) is 2. The zero-order chi connectivity index (χ0) is 25.4. The second-order valence-electron chi connectivity index (χ2n) is 9.17. The summed E-state index contributed by atoms with van der Waals surface area (Å²) >= 11 is 0. The van der Waals surface area contributed by atoms with Gasteiger partial charge in [-0.1, -0.05) is 39.2 Å². The number of morpholine rings is 1. The third kappa shape index (κ3) is 5.93. The van der Waals surface area contributed by atoms with Crippen LogP contribution in [0.5, 0.6) is 0 Å². The molecule has 6 nitrogen and oxygen atoms in total. The van der Waals surface area contributed by atoms with Crippen molar-refractivity contribution in [3.8, 4) is 0 Å². The maximum absolute atomic E-state index is 13.2. The first-order chi connectivity index (χ1) is 17.1. The molecule has 190 valence electrons. The summed E-state index contributed by atoms with van der Waals surface area (Å²) in [6, 6.07) is 5.98. The van der Waals surface area contributed by atoms with Crippen molar-refractivity contribution in [2.24, 2.45) is 5.73 Å². The van der Waals surface area contributed by atoms with Gasteiger partial charge in [-0.3, -0.25) is 9.59 Å². The van der Waals surface area contributed by atoms with Crippen molar-refractivity contribution in [3.63, 3.8) is 0 Å². The molecule has 1 aromatic rings. The minimum atomic E-state index is 0.0647. The fourth-order valence-corrected chi connectivity index (χ4v) is 5.35. The standard InChI is InChI=1S/C27H35N3O3.C2H6/c1-3-19(20(4-2)16-28)7-5-6-13-29-14-12-21-15-22(8-11-25(21)27(29)32)26(31)30-23-9-10-24(30)18-33-17-23;1-2/h3-4,8,11,15,23-24H,1-2,5-7,9-10,12-14,16-18,28H2;1-2H3/b20-19-;. The van der Waals surface area contributed by atoms with Gasteiger partial charge < -0.3 is 20.3 Å². The number of hydrogen-bond acceptors (Lipinski definition) is 4. The molecule has 2 amide bonds. The summed E-state index contributed by atoms with van der Waals surface area (Å²) < 4.78 is 5.61. The minimum absolute atomic E-state index is 0.0647. The second-order valence-corrected chi connectivity index (χ2v) is 9.17. The van der Waals surface area contributed by atoms with Gasteiger partial charge >= 0.3 is 0 Å². The quantitative estimate of drug-likeness (QED) is 0.418. The van der Waals surface area contributed by atoms with Crippen LogP contribution in [0.1, 0.15) is 72.2 Å². The molecule has 4 rings (SSSR count). The zero-order valence-electron chi connectivity index (χ0n) is 21.4. The smallest absolute Gasteiger partial charge is 0.254 e. The number of carbonyl (C=O) groups excluding carboxylic acids is 2. The largest absolute Gasteiger partial charge is 0.377 e. The lowest BCUT2D eigenvalue weighted by Crippen LogP contribution is -2.49. The Kier molecular flexibility index (Phi) is 9.87. The van der Waals surface area contributed by atoms with Gasteiger partial charge in [0.25, 0.3) is 11.8 Å². The van der Waals surface area contributed by atoms with Crippen molar-refractivity contribution in [3.05, 3.63) is 71.3 Å². The van der Waals surface area contributed by atoms with Gasteiger partial charge in [-0.25, -0.2) is 0 Å². The van der Waals surface area contributed by atoms with Crippen LogP contribution in [0.15, 0.2) is 54.7 Å². The van der Waals surface area contributed by atoms with E-state index >= 15 is 0 Å². The van der Waals surface area contributed by atoms with E-state index in [0.717, 1.165) is 67.3 Å². The van der Waals surface area contributed by atoms with Gasteiger partial charge in [0, 0.05) is 30.8 Å². The van der Waals surface area contributed by atoms with Gasteiger partial charge in [0.15, 0.2) is 0 Å². The van der Waals surface area contributed by atoms with E-state index in [1.807, 2.05) is 47.9 Å². The molecule has 6 heteroatoms. The second kappa shape index (κ2) is 12.8. The van der Waals surface area contributed by atoms with E-state index in [9.17, 15) is 9.59 Å². The van der Waals surface area contributed by atoms with Crippen molar-refractivity contribution < 1.29 is 14.3 Å². The van der Waals surface area contributed by atoms with Crippen LogP contribution in [0.4, 0.5) is 0 Å². The van der Waals surface area contributed by atoms with Crippen LogP contribution >= 0.6 is 0 Å². The predicted molar refractivity (Wildman–Crippen MR) is 142 cm³/mol. The van der Waals surface area contributed by atoms with Gasteiger partial charge in [-0.2, -0.15) is 0 Å². The molecule has 0 spiro atoms. The Balaban J connectivity index is 0.00000167. The van der Waals surface area contributed by atoms with E-state index in [4.69, 9.17) is 10.5 Å². The molecule has 3 aliphatic heterocycles. The highest BCUT2D eigenvalue weighted by Crippen LogP contribution is 2.31. The summed E-state index contributed by atoms with van der Waals surface area (Å²) in [6.45, 7) is 14.8. The van der Waals surface area contributed by atoms with Gasteiger partial charge in [-0.05, 0) is 73.4 Å². The summed E-state index contributed by atoms with van der Waals surface area (Å²) in [5, 5.41) is 0. The third-order valence-electron chi connectivity index (χ3n) is 7.25. The van der Waals surface area contributed by atoms with E-state index in [-0.39, 0.29) is 23.9 Å². The average molecular weight is 480 g/mol. The summed E-state index contributed by atoms with van der Waals surface area (Å²) in [5.41, 5.74) is 10.3. The molecule has 2 bridgehead atoms. The fourth-order valence-electron chi connectivity index (χ4n) is 5.35. The minimum Gasteiger partial charge on any atom is -0.377 e. The topological polar surface area (TPSA) is 75.9 Å². The molecule has 3 heterocycles. The van der Waals surface area contributed by atoms with Crippen LogP contribution in [-0.2, 0) is 11.2 Å². The number of benzene rings is 1. The van der Waals surface area contributed by atoms with Gasteiger partial charge in [0.1, 0.15) is 0 Å². The molecule has 3 aliphatic rings. The summed E-state index contributed by atoms with van der Waals surface area (Å²) in [6.07, 6.45) is 9.23. The van der Waals surface area contributed by atoms with E-state index in [0.29, 0.717) is 31.9 Å². The first-order valence-corrected chi connectivity index (χ1v) is 13.1. The molecule has 2 unspecified atom stereocenters. The van der Waals surface area contributed by atoms with E-state index in [1.165, 1.54) is 0 Å². The van der Waals surface area contributed by atoms with Gasteiger partial charge in [0.05, 0.1) is 25.3 Å². The van der Waals surface area contributed by atoms with Crippen molar-refractivity contribution >= 4 is 11.8 Å². The fraction of sp³-hybridized carbons (Fsp3) is 0.517. The number of ether oxygens (including phenoxy) is 1. The molecule has 2 atom stereocenters. The SMILES string of the molecule is C=C/C(CN)=C(\C=C)CCCCN1CCc2cc(C(=O)N3C4CCC3COC4)ccc2C1=O.CC. The monoisotopic (exact) mass is 479 g/mol. The molecule has 0 aliphatic carbocycles. The third-order valence-corrected chi connectivity index (χ3v) is 7.25. The normalized spacial score (nSPS) is 21.5. The first kappa shape index (κ1) is 26.9. The molecule has 35 heavy (non-hydrogen) atoms. The number of fused-ring (bicyclic) bond motifs is 3. The average Bonchev–Trinajstić information content (AvgIpc) is 3.15. The van der Waals surface area contributed by atoms with Gasteiger partial charge in [-0.15, -0.1) is 0 Å². The van der Waals surface area contributed by atoms with Crippen molar-refractivity contribution in [1.29, 1.82) is 0 Å². The first-order valence-electron chi connectivity index (χ1n) is 13.1. The molecular formula is C29H41N3O3. The zero-order valence-corrected chi connectivity index (χ0v) is 21.4. The summed E-state index contributed by atoms with van der Waals surface area (Å²) in [7, 11) is 0. The molecular weight excluding hydrogens is 438 g/mol. The van der Waals surface area contributed by atoms with Crippen molar-refractivity contribution in [2.75, 3.05) is 32.8 Å². The number of rotatable bonds is 9. The number of carbonyl (C=O) groups is 2. The van der Waals surface area contributed by atoms with E-state index < -0.39 is 0 Å². The van der Waals surface area contributed by atoms with Crippen molar-refractivity contribution in [2.45, 2.75) is 64.5 Å². The van der Waals surface area contributed by atoms with Crippen LogP contribution in [0, 0.1) is 0 Å². The summed E-state index contributed by atoms with van der Waals surface area (Å²) in [5.74, 6) is 0.140. The Morgan fingerprint density at radius 3 is 2.43 bits per heavy atom. The lowest BCUT2D eigenvalue weighted by atomic mass is 9.95. The van der Waals surface area contributed by atoms with Crippen LogP contribution in [0.25, 0.3) is 0 Å². The van der Waals surface area contributed by atoms with E-state index in [1.54, 1.807) is 6.08 Å². The van der Waals surface area contributed by atoms with Crippen LogP contribution in [0.2, 0.25) is 0 Å². The molecule has 0 saturated carbocycles. The maximum Gasteiger partial charge on any atom is 0.254 e. The number of amides is 2. The summed E-state index contributed by atoms with van der Waals surface area (Å²) in [4.78, 5) is 30.2. The number of allylic oxidation sites excluding steroid dienone is 2. The highest BCUT2D eigenvalue weighted by molar-refractivity contribution is 6.00. The molecule has 1 aromatic carbocycles. The van der Waals surface area contributed by atoms with Gasteiger partial charge in [0.2, 0.25) is 0 Å². The van der Waals surface area contributed by atoms with Crippen LogP contribution in [0.3, 0.4) is 0 Å². The highest BCUT2D eigenvalue weighted by atomic mass is 16.5. The number of unbranched alkanes of at least 4 members (excludes halogenated alkanes) is 1. The Bertz CT molecular complexity index is 952. The van der Waals surface area contributed by atoms with Crippen LogP contribution in [-0.4, -0.2) is 66.5 Å². The molecule has 2 saturated heterocycles. The van der Waals surface area contributed by atoms with Crippen LogP contribution < -0.4 is 5.73 Å². The highest BCUT2D eigenvalue weighted by Gasteiger charge is 2.40. The van der Waals surface area contributed by atoms with Crippen molar-refractivity contribution in [1.82, 2.24) is 9.80 Å². The lowest BCUT2D eigenvalue weighted by Gasteiger charge is -2.35. The number of hydrogen-bond donors (Lipinski definition) is 1. The molecule has 0 aromatic heterocycles. The van der Waals surface area contributed by atoms with E-state index in [2.05, 4.69) is 13.2 Å².